The number of para-hydroxylation sites is 2. The van der Waals surface area contributed by atoms with Crippen molar-refractivity contribution in [2.24, 2.45) is 0 Å². The number of aromatic nitrogens is 4. The monoisotopic (exact) mass is 995 g/mol. The Morgan fingerprint density at radius 1 is 0.726 bits per heavy atom. The number of fused-ring (bicyclic) bond motifs is 12. The third kappa shape index (κ3) is 6.39. The van der Waals surface area contributed by atoms with Crippen LogP contribution in [-0.2, 0) is 37.3 Å². The smallest absolute Gasteiger partial charge is 0.267 e. The van der Waals surface area contributed by atoms with Crippen molar-refractivity contribution < 1.29 is 41.3 Å². The van der Waals surface area contributed by atoms with Crippen LogP contribution in [0.4, 0.5) is 0 Å². The Hall–Kier alpha value is -6.03. The molecule has 0 fully saturated rings. The Morgan fingerprint density at radius 3 is 2.18 bits per heavy atom. The summed E-state index contributed by atoms with van der Waals surface area (Å²) in [4.78, 5) is 4.86. The number of rotatable bonds is 4. The molecule has 62 heavy (non-hydrogen) atoms. The summed E-state index contributed by atoms with van der Waals surface area (Å²) < 4.78 is 85.0. The van der Waals surface area contributed by atoms with E-state index in [-0.39, 0.29) is 71.6 Å². The standard InChI is InChI=1S/C56H48N4O.Pt/c1-54(2,3)36-26-29-57-52(30-36)60-48-23-15-13-21-44(48)45-25-24-37(32-49(45)60)61-38-31-46-53(56(6,7)28-27-55(46,4)5)50(33-38)58-34-51-43-20-11-10-18-41(43)39-16-8-9-17-40(39)42-19-12-14-22-47(42)59(51)35-58;/h8-26,29-31,34H,27-28H2,1-7H3;/q-2;/i8D,9D,10D,11D,16D,17D,18D,20D;. The predicted molar refractivity (Wildman–Crippen MR) is 246 cm³/mol. The summed E-state index contributed by atoms with van der Waals surface area (Å²) >= 11 is 0. The van der Waals surface area contributed by atoms with Crippen LogP contribution in [0.2, 0.25) is 0 Å². The average Bonchev–Trinajstić information content (AvgIpc) is 3.90. The van der Waals surface area contributed by atoms with Crippen LogP contribution in [0.15, 0.2) is 140 Å². The molecule has 0 saturated heterocycles. The van der Waals surface area contributed by atoms with Crippen LogP contribution in [0.1, 0.15) is 89.0 Å². The minimum absolute atomic E-state index is 0. The first-order chi connectivity index (χ1) is 32.7. The molecule has 11 rings (SSSR count). The second-order valence-corrected chi connectivity index (χ2v) is 18.6. The second-order valence-electron chi connectivity index (χ2n) is 18.6. The summed E-state index contributed by atoms with van der Waals surface area (Å²) in [5.41, 5.74) is 6.47. The Balaban J connectivity index is 0.00000567. The largest absolute Gasteiger partial charge is 0.510 e. The summed E-state index contributed by atoms with van der Waals surface area (Å²) in [7, 11) is 0. The van der Waals surface area contributed by atoms with E-state index in [9.17, 15) is 5.48 Å². The number of ether oxygens (including phenoxy) is 1. The van der Waals surface area contributed by atoms with Crippen LogP contribution in [0.25, 0.3) is 72.5 Å². The van der Waals surface area contributed by atoms with E-state index in [2.05, 4.69) is 108 Å². The van der Waals surface area contributed by atoms with E-state index < -0.39 is 36.3 Å². The second kappa shape index (κ2) is 14.5. The number of hydrogen-bond donors (Lipinski definition) is 0. The van der Waals surface area contributed by atoms with Gasteiger partial charge in [0.1, 0.15) is 5.82 Å². The normalized spacial score (nSPS) is 16.5. The van der Waals surface area contributed by atoms with E-state index >= 15 is 0 Å². The molecular formula is C56H48N4OPt-2. The van der Waals surface area contributed by atoms with Gasteiger partial charge in [0.05, 0.1) is 22.3 Å². The molecule has 0 atom stereocenters. The van der Waals surface area contributed by atoms with Gasteiger partial charge in [-0.1, -0.05) is 151 Å². The van der Waals surface area contributed by atoms with E-state index in [1.807, 2.05) is 41.1 Å². The van der Waals surface area contributed by atoms with Gasteiger partial charge in [-0.05, 0) is 86.0 Å². The first-order valence-electron chi connectivity index (χ1n) is 24.8. The number of hydrogen-bond acceptors (Lipinski definition) is 2. The molecule has 0 unspecified atom stereocenters. The molecule has 0 bridgehead atoms. The average molecular weight is 996 g/mol. The molecule has 5 nitrogen and oxygen atoms in total. The van der Waals surface area contributed by atoms with Gasteiger partial charge in [0.15, 0.2) is 0 Å². The zero-order valence-corrected chi connectivity index (χ0v) is 37.9. The van der Waals surface area contributed by atoms with E-state index in [0.29, 0.717) is 34.1 Å². The van der Waals surface area contributed by atoms with Gasteiger partial charge in [0, 0.05) is 50.5 Å². The third-order valence-corrected chi connectivity index (χ3v) is 12.7. The van der Waals surface area contributed by atoms with Crippen molar-refractivity contribution in [3.63, 3.8) is 0 Å². The van der Waals surface area contributed by atoms with Crippen molar-refractivity contribution in [3.05, 3.63) is 175 Å². The predicted octanol–water partition coefficient (Wildman–Crippen LogP) is 13.4. The molecule has 6 heteroatoms. The van der Waals surface area contributed by atoms with Gasteiger partial charge in [0.25, 0.3) is 6.33 Å². The molecule has 3 aromatic heterocycles. The van der Waals surface area contributed by atoms with Gasteiger partial charge in [-0.2, -0.15) is 6.07 Å². The molecule has 9 aromatic rings. The first-order valence-corrected chi connectivity index (χ1v) is 20.8. The van der Waals surface area contributed by atoms with Gasteiger partial charge >= 0.3 is 0 Å². The molecule has 0 spiro atoms. The molecule has 0 N–H and O–H groups in total. The fraction of sp³-hybridized carbons (Fsp3) is 0.214. The molecule has 310 valence electrons. The molecule has 0 saturated carbocycles. The zero-order valence-electron chi connectivity index (χ0n) is 43.6. The van der Waals surface area contributed by atoms with Crippen molar-refractivity contribution in [3.8, 4) is 62.2 Å². The number of benzene rings is 6. The molecule has 2 aliphatic rings. The van der Waals surface area contributed by atoms with Crippen molar-refractivity contribution in [1.29, 1.82) is 0 Å². The first kappa shape index (κ1) is 31.8. The third-order valence-electron chi connectivity index (χ3n) is 12.7. The summed E-state index contributed by atoms with van der Waals surface area (Å²) in [5, 5.41) is 2.07. The summed E-state index contributed by atoms with van der Waals surface area (Å²) in [6.07, 6.45) is 8.98. The van der Waals surface area contributed by atoms with Crippen molar-refractivity contribution in [1.82, 2.24) is 14.1 Å². The minimum Gasteiger partial charge on any atom is -0.510 e. The number of imidazole rings is 1. The Bertz CT molecular complexity index is 3700. The fourth-order valence-corrected chi connectivity index (χ4v) is 9.30. The van der Waals surface area contributed by atoms with Gasteiger partial charge in [-0.3, -0.25) is 4.57 Å². The summed E-state index contributed by atoms with van der Waals surface area (Å²) in [5.74, 6) is 1.70. The molecule has 4 heterocycles. The van der Waals surface area contributed by atoms with Crippen LogP contribution in [0.5, 0.6) is 11.5 Å². The summed E-state index contributed by atoms with van der Waals surface area (Å²) in [6.45, 7) is 15.5. The van der Waals surface area contributed by atoms with E-state index in [1.165, 1.54) is 0 Å². The maximum absolute atomic E-state index is 9.44. The van der Waals surface area contributed by atoms with Crippen LogP contribution >= 0.6 is 0 Å². The molecule has 0 radical (unpaired) electrons. The quantitative estimate of drug-likeness (QED) is 0.130. The Labute approximate surface area is 390 Å². The molecular weight excluding hydrogens is 940 g/mol. The molecule has 1 aliphatic heterocycles. The Morgan fingerprint density at radius 2 is 1.40 bits per heavy atom. The van der Waals surface area contributed by atoms with E-state index in [4.69, 9.17) is 15.2 Å². The van der Waals surface area contributed by atoms with Gasteiger partial charge < -0.3 is 13.9 Å². The molecule has 1 aliphatic carbocycles. The van der Waals surface area contributed by atoms with E-state index in [0.717, 1.165) is 57.2 Å². The maximum atomic E-state index is 9.44. The Kier molecular flexibility index (Phi) is 7.44. The van der Waals surface area contributed by atoms with Crippen LogP contribution < -0.4 is 9.30 Å². The minimum atomic E-state index is -0.512. The zero-order chi connectivity index (χ0) is 48.8. The van der Waals surface area contributed by atoms with Crippen LogP contribution in [0.3, 0.4) is 0 Å². The van der Waals surface area contributed by atoms with Crippen molar-refractivity contribution in [2.45, 2.75) is 77.6 Å². The topological polar surface area (TPSA) is 35.9 Å². The molecule has 6 aromatic carbocycles. The van der Waals surface area contributed by atoms with Crippen molar-refractivity contribution in [2.75, 3.05) is 0 Å². The van der Waals surface area contributed by atoms with Crippen LogP contribution in [-0.4, -0.2) is 14.1 Å². The summed E-state index contributed by atoms with van der Waals surface area (Å²) in [6, 6.07) is 29.6. The van der Waals surface area contributed by atoms with E-state index in [1.54, 1.807) is 22.9 Å². The number of pyridine rings is 1. The van der Waals surface area contributed by atoms with Gasteiger partial charge in [-0.15, -0.1) is 40.8 Å². The maximum Gasteiger partial charge on any atom is 0.267 e. The van der Waals surface area contributed by atoms with Crippen LogP contribution in [0, 0.1) is 18.5 Å². The fourth-order valence-electron chi connectivity index (χ4n) is 9.30. The van der Waals surface area contributed by atoms with Crippen molar-refractivity contribution >= 4 is 21.8 Å². The SMILES string of the molecule is [2H]c1c([2H])c([2H])c2c(c1[2H])-c1ccccc1-[n+]1[c-]n(-c3[c-]c(Oc4[c-]c5c(cc4)c4ccccc4n5-c4cc(C(C)(C)C)ccn4)cc4c3C(C)(C)CCC4(C)C)cc1-c1c([2H])c([2H])c([2H])c([2H])c1-2.[Pt]. The molecule has 0 amide bonds. The number of nitrogens with zero attached hydrogens (tertiary/aromatic N) is 4. The van der Waals surface area contributed by atoms with Gasteiger partial charge in [0.2, 0.25) is 0 Å². The van der Waals surface area contributed by atoms with Gasteiger partial charge in [-0.25, -0.2) is 4.98 Å².